The van der Waals surface area contributed by atoms with Gasteiger partial charge in [0.15, 0.2) is 0 Å². The van der Waals surface area contributed by atoms with Crippen LogP contribution in [0.3, 0.4) is 0 Å². The molecule has 0 atom stereocenters. The van der Waals surface area contributed by atoms with E-state index in [1.165, 1.54) is 24.3 Å². The summed E-state index contributed by atoms with van der Waals surface area (Å²) in [5.41, 5.74) is 0.545. The first kappa shape index (κ1) is 14.3. The van der Waals surface area contributed by atoms with Crippen molar-refractivity contribution in [3.05, 3.63) is 42.7 Å². The number of carbonyl (C=O) groups excluding carboxylic acids is 1. The number of anilines is 1. The van der Waals surface area contributed by atoms with E-state index >= 15 is 0 Å². The summed E-state index contributed by atoms with van der Waals surface area (Å²) in [6.07, 6.45) is 1.67. The number of aliphatic hydroxyl groups excluding tert-OH is 1. The van der Waals surface area contributed by atoms with E-state index in [2.05, 4.69) is 11.9 Å². The van der Waals surface area contributed by atoms with Gasteiger partial charge in [-0.1, -0.05) is 6.08 Å². The molecule has 1 aromatic carbocycles. The lowest BCUT2D eigenvalue weighted by Crippen LogP contribution is -2.35. The van der Waals surface area contributed by atoms with E-state index in [9.17, 15) is 9.18 Å². The van der Waals surface area contributed by atoms with Gasteiger partial charge in [-0.25, -0.2) is 4.39 Å². The van der Waals surface area contributed by atoms with Crippen LogP contribution in [0.4, 0.5) is 10.1 Å². The highest BCUT2D eigenvalue weighted by molar-refractivity contribution is 5.92. The number of carbonyl (C=O) groups is 1. The molecular formula is C13H17FN2O2. The van der Waals surface area contributed by atoms with E-state index in [0.29, 0.717) is 18.8 Å². The fourth-order valence-corrected chi connectivity index (χ4v) is 1.50. The quantitative estimate of drug-likeness (QED) is 0.718. The number of amides is 1. The Kier molecular flexibility index (Phi) is 6.04. The lowest BCUT2D eigenvalue weighted by molar-refractivity contribution is -0.117. The molecule has 0 radical (unpaired) electrons. The molecule has 0 heterocycles. The van der Waals surface area contributed by atoms with E-state index in [1.54, 1.807) is 11.0 Å². The first-order valence-electron chi connectivity index (χ1n) is 5.65. The Hall–Kier alpha value is -1.72. The number of benzene rings is 1. The van der Waals surface area contributed by atoms with Gasteiger partial charge >= 0.3 is 0 Å². The maximum Gasteiger partial charge on any atom is 0.238 e. The van der Waals surface area contributed by atoms with Crippen LogP contribution in [0.25, 0.3) is 0 Å². The van der Waals surface area contributed by atoms with Crippen molar-refractivity contribution in [3.8, 4) is 0 Å². The minimum absolute atomic E-state index is 0.0162. The Morgan fingerprint density at radius 3 is 2.67 bits per heavy atom. The molecule has 2 N–H and O–H groups in total. The molecule has 0 unspecified atom stereocenters. The number of aliphatic hydroxyl groups is 1. The molecule has 98 valence electrons. The first-order valence-corrected chi connectivity index (χ1v) is 5.65. The zero-order valence-corrected chi connectivity index (χ0v) is 10.1. The Balaban J connectivity index is 2.48. The molecule has 4 nitrogen and oxygen atoms in total. The summed E-state index contributed by atoms with van der Waals surface area (Å²) in [6.45, 7) is 4.66. The summed E-state index contributed by atoms with van der Waals surface area (Å²) in [4.78, 5) is 13.5. The van der Waals surface area contributed by atoms with E-state index < -0.39 is 0 Å². The van der Waals surface area contributed by atoms with Gasteiger partial charge in [0.1, 0.15) is 5.82 Å². The summed E-state index contributed by atoms with van der Waals surface area (Å²) < 4.78 is 12.7. The fraction of sp³-hybridized carbons (Fsp3) is 0.308. The monoisotopic (exact) mass is 252 g/mol. The molecule has 0 aliphatic heterocycles. The summed E-state index contributed by atoms with van der Waals surface area (Å²) in [5, 5.41) is 11.5. The third kappa shape index (κ3) is 5.07. The summed E-state index contributed by atoms with van der Waals surface area (Å²) >= 11 is 0. The van der Waals surface area contributed by atoms with Crippen LogP contribution in [0.5, 0.6) is 0 Å². The smallest absolute Gasteiger partial charge is 0.238 e. The predicted octanol–water partition coefficient (Wildman–Crippen LogP) is 1.24. The highest BCUT2D eigenvalue weighted by Crippen LogP contribution is 2.08. The van der Waals surface area contributed by atoms with Crippen molar-refractivity contribution in [1.82, 2.24) is 4.90 Å². The van der Waals surface area contributed by atoms with Crippen molar-refractivity contribution < 1.29 is 14.3 Å². The van der Waals surface area contributed by atoms with Crippen molar-refractivity contribution in [2.24, 2.45) is 0 Å². The van der Waals surface area contributed by atoms with Gasteiger partial charge in [-0.05, 0) is 24.3 Å². The van der Waals surface area contributed by atoms with Crippen LogP contribution in [0.1, 0.15) is 0 Å². The second-order valence-corrected chi connectivity index (χ2v) is 3.80. The molecule has 0 bridgehead atoms. The lowest BCUT2D eigenvalue weighted by atomic mass is 10.3. The van der Waals surface area contributed by atoms with Gasteiger partial charge in [-0.15, -0.1) is 6.58 Å². The average molecular weight is 252 g/mol. The van der Waals surface area contributed by atoms with E-state index in [0.717, 1.165) is 0 Å². The fourth-order valence-electron chi connectivity index (χ4n) is 1.50. The predicted molar refractivity (Wildman–Crippen MR) is 68.8 cm³/mol. The second-order valence-electron chi connectivity index (χ2n) is 3.80. The second kappa shape index (κ2) is 7.58. The molecule has 18 heavy (non-hydrogen) atoms. The zero-order chi connectivity index (χ0) is 13.4. The molecule has 1 rings (SSSR count). The molecule has 0 aliphatic carbocycles. The Morgan fingerprint density at radius 1 is 1.44 bits per heavy atom. The van der Waals surface area contributed by atoms with Gasteiger partial charge in [0.2, 0.25) is 5.91 Å². The molecule has 5 heteroatoms. The Bertz CT molecular complexity index is 392. The van der Waals surface area contributed by atoms with Crippen molar-refractivity contribution >= 4 is 11.6 Å². The van der Waals surface area contributed by atoms with Crippen molar-refractivity contribution in [2.45, 2.75) is 0 Å². The maximum absolute atomic E-state index is 12.7. The maximum atomic E-state index is 12.7. The SMILES string of the molecule is C=CCN(CCO)CC(=O)Nc1ccc(F)cc1. The van der Waals surface area contributed by atoms with Crippen LogP contribution in [-0.2, 0) is 4.79 Å². The van der Waals surface area contributed by atoms with Crippen molar-refractivity contribution in [3.63, 3.8) is 0 Å². The van der Waals surface area contributed by atoms with Crippen molar-refractivity contribution in [2.75, 3.05) is 31.6 Å². The highest BCUT2D eigenvalue weighted by atomic mass is 19.1. The number of rotatable bonds is 7. The molecular weight excluding hydrogens is 235 g/mol. The standard InChI is InChI=1S/C13H17FN2O2/c1-2-7-16(8-9-17)10-13(18)15-12-5-3-11(14)4-6-12/h2-6,17H,1,7-10H2,(H,15,18). The Morgan fingerprint density at radius 2 is 2.11 bits per heavy atom. The molecule has 0 aliphatic rings. The number of nitrogens with zero attached hydrogens (tertiary/aromatic N) is 1. The van der Waals surface area contributed by atoms with Crippen LogP contribution >= 0.6 is 0 Å². The minimum Gasteiger partial charge on any atom is -0.395 e. The van der Waals surface area contributed by atoms with E-state index in [-0.39, 0.29) is 24.9 Å². The number of hydrogen-bond donors (Lipinski definition) is 2. The topological polar surface area (TPSA) is 52.6 Å². The number of nitrogens with one attached hydrogen (secondary N) is 1. The third-order valence-electron chi connectivity index (χ3n) is 2.30. The zero-order valence-electron chi connectivity index (χ0n) is 10.1. The highest BCUT2D eigenvalue weighted by Gasteiger charge is 2.09. The first-order chi connectivity index (χ1) is 8.65. The van der Waals surface area contributed by atoms with Crippen molar-refractivity contribution in [1.29, 1.82) is 0 Å². The van der Waals surface area contributed by atoms with Crippen LogP contribution < -0.4 is 5.32 Å². The summed E-state index contributed by atoms with van der Waals surface area (Å²) in [5.74, 6) is -0.557. The number of halogens is 1. The van der Waals surface area contributed by atoms with Gasteiger partial charge in [-0.2, -0.15) is 0 Å². The van der Waals surface area contributed by atoms with Crippen LogP contribution in [0.15, 0.2) is 36.9 Å². The van der Waals surface area contributed by atoms with Gasteiger partial charge in [-0.3, -0.25) is 9.69 Å². The molecule has 0 saturated carbocycles. The summed E-state index contributed by atoms with van der Waals surface area (Å²) in [7, 11) is 0. The molecule has 0 saturated heterocycles. The molecule has 0 aromatic heterocycles. The van der Waals surface area contributed by atoms with E-state index in [1.807, 2.05) is 0 Å². The normalized spacial score (nSPS) is 10.4. The van der Waals surface area contributed by atoms with Gasteiger partial charge < -0.3 is 10.4 Å². The van der Waals surface area contributed by atoms with E-state index in [4.69, 9.17) is 5.11 Å². The molecule has 0 spiro atoms. The number of hydrogen-bond acceptors (Lipinski definition) is 3. The van der Waals surface area contributed by atoms with Gasteiger partial charge in [0.05, 0.1) is 13.2 Å². The lowest BCUT2D eigenvalue weighted by Gasteiger charge is -2.18. The molecule has 1 aromatic rings. The van der Waals surface area contributed by atoms with Crippen LogP contribution in [0.2, 0.25) is 0 Å². The van der Waals surface area contributed by atoms with Crippen LogP contribution in [-0.4, -0.2) is 42.2 Å². The summed E-state index contributed by atoms with van der Waals surface area (Å²) in [6, 6.07) is 5.56. The average Bonchev–Trinajstić information content (AvgIpc) is 2.33. The minimum atomic E-state index is -0.346. The Labute approximate surface area is 106 Å². The van der Waals surface area contributed by atoms with Crippen LogP contribution in [0, 0.1) is 5.82 Å². The van der Waals surface area contributed by atoms with Gasteiger partial charge in [0.25, 0.3) is 0 Å². The van der Waals surface area contributed by atoms with Gasteiger partial charge in [0, 0.05) is 18.8 Å². The molecule has 0 fully saturated rings. The largest absolute Gasteiger partial charge is 0.395 e. The molecule has 1 amide bonds. The third-order valence-corrected chi connectivity index (χ3v) is 2.30.